The van der Waals surface area contributed by atoms with Gasteiger partial charge in [0.1, 0.15) is 0 Å². The van der Waals surface area contributed by atoms with Gasteiger partial charge in [-0.1, -0.05) is 20.8 Å². The van der Waals surface area contributed by atoms with Gasteiger partial charge in [-0.3, -0.25) is 0 Å². The molecule has 2 heteroatoms. The second-order valence-corrected chi connectivity index (χ2v) is 4.78. The Morgan fingerprint density at radius 3 is 2.50 bits per heavy atom. The van der Waals surface area contributed by atoms with Crippen molar-refractivity contribution in [2.24, 2.45) is 0 Å². The molecule has 0 unspecified atom stereocenters. The van der Waals surface area contributed by atoms with Gasteiger partial charge in [0, 0.05) is 27.7 Å². The first-order chi connectivity index (χ1) is 6.47. The summed E-state index contributed by atoms with van der Waals surface area (Å²) < 4.78 is 0. The highest BCUT2D eigenvalue weighted by Gasteiger charge is 2.15. The molecule has 0 saturated heterocycles. The quantitative estimate of drug-likeness (QED) is 0.613. The minimum Gasteiger partial charge on any atom is -0.399 e. The van der Waals surface area contributed by atoms with E-state index in [4.69, 9.17) is 5.73 Å². The van der Waals surface area contributed by atoms with Crippen LogP contribution in [0, 0.1) is 0 Å². The molecule has 0 spiro atoms. The predicted molar refractivity (Wildman–Crippen MR) is 61.4 cm³/mol. The number of benzene rings is 1. The van der Waals surface area contributed by atoms with Gasteiger partial charge in [-0.15, -0.1) is 0 Å². The van der Waals surface area contributed by atoms with Crippen LogP contribution in [-0.4, -0.2) is 4.98 Å². The van der Waals surface area contributed by atoms with E-state index in [0.29, 0.717) is 0 Å². The molecule has 0 atom stereocenters. The summed E-state index contributed by atoms with van der Waals surface area (Å²) in [6, 6.07) is 8.12. The first-order valence-corrected chi connectivity index (χ1v) is 4.85. The summed E-state index contributed by atoms with van der Waals surface area (Å²) in [6.07, 6.45) is 0. The van der Waals surface area contributed by atoms with E-state index in [1.165, 1.54) is 11.1 Å². The third-order valence-corrected chi connectivity index (χ3v) is 2.45. The lowest BCUT2D eigenvalue weighted by molar-refractivity contribution is 0.574. The minimum atomic E-state index is 0.160. The van der Waals surface area contributed by atoms with E-state index in [-0.39, 0.29) is 5.41 Å². The van der Waals surface area contributed by atoms with Crippen LogP contribution in [0.5, 0.6) is 0 Å². The van der Waals surface area contributed by atoms with Crippen LogP contribution in [-0.2, 0) is 5.41 Å². The van der Waals surface area contributed by atoms with E-state index in [2.05, 4.69) is 31.8 Å². The van der Waals surface area contributed by atoms with Gasteiger partial charge in [0.25, 0.3) is 0 Å². The molecule has 1 aromatic carbocycles. The van der Waals surface area contributed by atoms with Crippen molar-refractivity contribution in [3.63, 3.8) is 0 Å². The number of anilines is 1. The molecule has 1 heterocycles. The number of nitrogens with two attached hydrogens (primary N) is 1. The van der Waals surface area contributed by atoms with Crippen LogP contribution in [0.4, 0.5) is 5.69 Å². The van der Waals surface area contributed by atoms with E-state index in [1.807, 2.05) is 18.2 Å². The summed E-state index contributed by atoms with van der Waals surface area (Å²) >= 11 is 0. The van der Waals surface area contributed by atoms with Crippen molar-refractivity contribution in [2.45, 2.75) is 26.2 Å². The van der Waals surface area contributed by atoms with Gasteiger partial charge in [-0.2, -0.15) is 0 Å². The van der Waals surface area contributed by atoms with Gasteiger partial charge in [0.05, 0.1) is 0 Å². The van der Waals surface area contributed by atoms with Crippen LogP contribution in [0.1, 0.15) is 26.5 Å². The Kier molecular flexibility index (Phi) is 1.81. The SMILES string of the molecule is CC(C)(C)c1cc2cc(N)ccc2[nH]1. The summed E-state index contributed by atoms with van der Waals surface area (Å²) in [6.45, 7) is 6.59. The molecule has 1 aromatic heterocycles. The molecular formula is C12H16N2. The smallest absolute Gasteiger partial charge is 0.0457 e. The molecule has 0 aliphatic carbocycles. The molecule has 0 saturated carbocycles. The molecule has 74 valence electrons. The molecule has 0 bridgehead atoms. The number of rotatable bonds is 0. The second kappa shape index (κ2) is 2.77. The molecular weight excluding hydrogens is 172 g/mol. The highest BCUT2D eigenvalue weighted by Crippen LogP contribution is 2.26. The van der Waals surface area contributed by atoms with Gasteiger partial charge >= 0.3 is 0 Å². The number of aromatic nitrogens is 1. The van der Waals surface area contributed by atoms with Gasteiger partial charge in [-0.05, 0) is 24.3 Å². The van der Waals surface area contributed by atoms with E-state index in [1.54, 1.807) is 0 Å². The lowest BCUT2D eigenvalue weighted by Gasteiger charge is -2.15. The lowest BCUT2D eigenvalue weighted by Crippen LogP contribution is -2.10. The van der Waals surface area contributed by atoms with E-state index < -0.39 is 0 Å². The first-order valence-electron chi connectivity index (χ1n) is 4.85. The topological polar surface area (TPSA) is 41.8 Å². The number of hydrogen-bond acceptors (Lipinski definition) is 1. The normalized spacial score (nSPS) is 12.2. The molecule has 14 heavy (non-hydrogen) atoms. The number of nitrogens with one attached hydrogen (secondary N) is 1. The van der Waals surface area contributed by atoms with Crippen LogP contribution >= 0.6 is 0 Å². The summed E-state index contributed by atoms with van der Waals surface area (Å²) in [5, 5.41) is 1.19. The fourth-order valence-corrected chi connectivity index (χ4v) is 1.56. The van der Waals surface area contributed by atoms with Crippen molar-refractivity contribution >= 4 is 16.6 Å². The van der Waals surface area contributed by atoms with E-state index in [9.17, 15) is 0 Å². The van der Waals surface area contributed by atoms with Crippen molar-refractivity contribution in [3.05, 3.63) is 30.0 Å². The van der Waals surface area contributed by atoms with Crippen LogP contribution in [0.2, 0.25) is 0 Å². The zero-order chi connectivity index (χ0) is 10.3. The molecule has 0 fully saturated rings. The Bertz CT molecular complexity index is 461. The minimum absolute atomic E-state index is 0.160. The first kappa shape index (κ1) is 9.13. The number of hydrogen-bond donors (Lipinski definition) is 2. The summed E-state index contributed by atoms with van der Waals surface area (Å²) in [4.78, 5) is 3.41. The van der Waals surface area contributed by atoms with Gasteiger partial charge < -0.3 is 10.7 Å². The summed E-state index contributed by atoms with van der Waals surface area (Å²) in [5.41, 5.74) is 9.11. The zero-order valence-electron chi connectivity index (χ0n) is 8.89. The Labute approximate surface area is 84.1 Å². The molecule has 0 aliphatic heterocycles. The van der Waals surface area contributed by atoms with Gasteiger partial charge in [-0.25, -0.2) is 0 Å². The highest BCUT2D eigenvalue weighted by atomic mass is 14.7. The zero-order valence-corrected chi connectivity index (χ0v) is 8.89. The predicted octanol–water partition coefficient (Wildman–Crippen LogP) is 3.05. The maximum atomic E-state index is 5.73. The van der Waals surface area contributed by atoms with Crippen molar-refractivity contribution in [2.75, 3.05) is 5.73 Å². The third kappa shape index (κ3) is 1.48. The number of H-pyrrole nitrogens is 1. The molecule has 0 radical (unpaired) electrons. The monoisotopic (exact) mass is 188 g/mol. The molecule has 0 aliphatic rings. The summed E-state index contributed by atoms with van der Waals surface area (Å²) in [5.74, 6) is 0. The Morgan fingerprint density at radius 2 is 1.86 bits per heavy atom. The maximum Gasteiger partial charge on any atom is 0.0457 e. The van der Waals surface area contributed by atoms with Crippen LogP contribution in [0.25, 0.3) is 10.9 Å². The molecule has 2 nitrogen and oxygen atoms in total. The van der Waals surface area contributed by atoms with Crippen LogP contribution in [0.3, 0.4) is 0 Å². The number of fused-ring (bicyclic) bond motifs is 1. The standard InChI is InChI=1S/C12H16N2/c1-12(2,3)11-7-8-6-9(13)4-5-10(8)14-11/h4-7,14H,13H2,1-3H3. The van der Waals surface area contributed by atoms with Crippen LogP contribution in [0.15, 0.2) is 24.3 Å². The second-order valence-electron chi connectivity index (χ2n) is 4.78. The Balaban J connectivity index is 2.63. The average Bonchev–Trinajstić information content (AvgIpc) is 2.45. The fourth-order valence-electron chi connectivity index (χ4n) is 1.56. The third-order valence-electron chi connectivity index (χ3n) is 2.45. The van der Waals surface area contributed by atoms with E-state index in [0.717, 1.165) is 11.2 Å². The van der Waals surface area contributed by atoms with Crippen molar-refractivity contribution < 1.29 is 0 Å². The highest BCUT2D eigenvalue weighted by molar-refractivity contribution is 5.83. The number of aromatic amines is 1. The summed E-state index contributed by atoms with van der Waals surface area (Å²) in [7, 11) is 0. The van der Waals surface area contributed by atoms with Crippen molar-refractivity contribution in [1.29, 1.82) is 0 Å². The maximum absolute atomic E-state index is 5.73. The van der Waals surface area contributed by atoms with Crippen molar-refractivity contribution in [3.8, 4) is 0 Å². The largest absolute Gasteiger partial charge is 0.399 e. The number of nitrogen functional groups attached to an aromatic ring is 1. The average molecular weight is 188 g/mol. The molecule has 3 N–H and O–H groups in total. The Hall–Kier alpha value is -1.44. The Morgan fingerprint density at radius 1 is 1.14 bits per heavy atom. The fraction of sp³-hybridized carbons (Fsp3) is 0.333. The van der Waals surface area contributed by atoms with Gasteiger partial charge in [0.15, 0.2) is 0 Å². The van der Waals surface area contributed by atoms with Crippen molar-refractivity contribution in [1.82, 2.24) is 4.98 Å². The van der Waals surface area contributed by atoms with E-state index >= 15 is 0 Å². The molecule has 0 amide bonds. The van der Waals surface area contributed by atoms with Crippen LogP contribution < -0.4 is 5.73 Å². The molecule has 2 rings (SSSR count). The molecule has 2 aromatic rings. The van der Waals surface area contributed by atoms with Gasteiger partial charge in [0.2, 0.25) is 0 Å². The lowest BCUT2D eigenvalue weighted by atomic mass is 9.92.